The van der Waals surface area contributed by atoms with Gasteiger partial charge in [-0.1, -0.05) is 12.1 Å². The Hall–Kier alpha value is -3.04. The number of carbonyl (C=O) groups excluding carboxylic acids is 2. The number of halogens is 1. The third-order valence-corrected chi connectivity index (χ3v) is 4.89. The average Bonchev–Trinajstić information content (AvgIpc) is 2.72. The molecule has 0 spiro atoms. The van der Waals surface area contributed by atoms with Crippen molar-refractivity contribution in [3.63, 3.8) is 0 Å². The molecule has 1 aromatic heterocycles. The Kier molecular flexibility index (Phi) is 6.96. The lowest BCUT2D eigenvalue weighted by molar-refractivity contribution is -0.132. The molecule has 1 aromatic carbocycles. The van der Waals surface area contributed by atoms with Crippen LogP contribution in [0.25, 0.3) is 0 Å². The molecule has 0 aliphatic carbocycles. The van der Waals surface area contributed by atoms with Gasteiger partial charge in [0.2, 0.25) is 5.91 Å². The summed E-state index contributed by atoms with van der Waals surface area (Å²) in [5, 5.41) is 8.38. The molecule has 0 unspecified atom stereocenters. The third kappa shape index (κ3) is 5.52. The number of anilines is 2. The molecule has 9 heteroatoms. The van der Waals surface area contributed by atoms with E-state index in [0.717, 1.165) is 5.69 Å². The first kappa shape index (κ1) is 21.7. The van der Waals surface area contributed by atoms with Crippen molar-refractivity contribution in [1.29, 1.82) is 0 Å². The quantitative estimate of drug-likeness (QED) is 0.697. The van der Waals surface area contributed by atoms with E-state index in [0.29, 0.717) is 37.4 Å². The van der Waals surface area contributed by atoms with Gasteiger partial charge in [-0.15, -0.1) is 0 Å². The highest BCUT2D eigenvalue weighted by atomic mass is 19.1. The standard InChI is InChI=1S/C21H27FN6O2/c1-14-7-8-16(11-24-14)25-21(30)26-17-6-4-5-15(19(17)22)12-28-10-9-23-18(13-28)20(29)27(2)3/h4-8,11,18,23H,9-10,12-13H2,1-3H3,(H2,25,26,30)/t18-/m0/s1. The van der Waals surface area contributed by atoms with Crippen LogP contribution < -0.4 is 16.0 Å². The topological polar surface area (TPSA) is 89.6 Å². The number of piperazine rings is 1. The summed E-state index contributed by atoms with van der Waals surface area (Å²) in [7, 11) is 3.44. The monoisotopic (exact) mass is 414 g/mol. The maximum atomic E-state index is 15.0. The molecule has 3 N–H and O–H groups in total. The second kappa shape index (κ2) is 9.64. The summed E-state index contributed by atoms with van der Waals surface area (Å²) in [5.41, 5.74) is 1.91. The van der Waals surface area contributed by atoms with Crippen LogP contribution in [-0.2, 0) is 11.3 Å². The number of nitrogens with zero attached hydrogens (tertiary/aromatic N) is 3. The normalized spacial score (nSPS) is 16.7. The smallest absolute Gasteiger partial charge is 0.323 e. The zero-order valence-electron chi connectivity index (χ0n) is 17.4. The Bertz CT molecular complexity index is 903. The molecule has 0 saturated carbocycles. The number of carbonyl (C=O) groups is 2. The maximum Gasteiger partial charge on any atom is 0.323 e. The zero-order valence-corrected chi connectivity index (χ0v) is 17.4. The Morgan fingerprint density at radius 1 is 1.27 bits per heavy atom. The minimum atomic E-state index is -0.546. The molecule has 0 bridgehead atoms. The first-order chi connectivity index (χ1) is 14.3. The molecule has 8 nitrogen and oxygen atoms in total. The molecule has 2 aromatic rings. The van der Waals surface area contributed by atoms with Gasteiger partial charge in [-0.2, -0.15) is 0 Å². The van der Waals surface area contributed by atoms with E-state index in [-0.39, 0.29) is 17.6 Å². The van der Waals surface area contributed by atoms with Crippen molar-refractivity contribution < 1.29 is 14.0 Å². The van der Waals surface area contributed by atoms with E-state index in [1.54, 1.807) is 43.3 Å². The Morgan fingerprint density at radius 3 is 2.77 bits per heavy atom. The first-order valence-electron chi connectivity index (χ1n) is 9.78. The predicted molar refractivity (Wildman–Crippen MR) is 114 cm³/mol. The lowest BCUT2D eigenvalue weighted by Crippen LogP contribution is -2.56. The van der Waals surface area contributed by atoms with Gasteiger partial charge >= 0.3 is 6.03 Å². The van der Waals surface area contributed by atoms with Crippen LogP contribution in [0.3, 0.4) is 0 Å². The Morgan fingerprint density at radius 2 is 2.07 bits per heavy atom. The molecule has 1 aliphatic heterocycles. The number of benzene rings is 1. The van der Waals surface area contributed by atoms with Crippen LogP contribution in [0, 0.1) is 12.7 Å². The van der Waals surface area contributed by atoms with E-state index in [2.05, 4.69) is 20.9 Å². The molecular weight excluding hydrogens is 387 g/mol. The van der Waals surface area contributed by atoms with Gasteiger partial charge in [0.05, 0.1) is 23.6 Å². The Labute approximate surface area is 175 Å². The molecule has 1 aliphatic rings. The highest BCUT2D eigenvalue weighted by Gasteiger charge is 2.27. The molecule has 160 valence electrons. The lowest BCUT2D eigenvalue weighted by atomic mass is 10.1. The number of likely N-dealkylation sites (N-methyl/N-ethyl adjacent to an activating group) is 1. The van der Waals surface area contributed by atoms with Crippen LogP contribution in [0.4, 0.5) is 20.6 Å². The number of urea groups is 1. The molecule has 1 saturated heterocycles. The van der Waals surface area contributed by atoms with Gasteiger partial charge in [-0.05, 0) is 25.1 Å². The summed E-state index contributed by atoms with van der Waals surface area (Å²) in [5.74, 6) is -0.485. The molecule has 0 radical (unpaired) electrons. The van der Waals surface area contributed by atoms with Crippen molar-refractivity contribution in [1.82, 2.24) is 20.1 Å². The fourth-order valence-corrected chi connectivity index (χ4v) is 3.30. The Balaban J connectivity index is 1.63. The van der Waals surface area contributed by atoms with Crippen molar-refractivity contribution in [2.75, 3.05) is 44.4 Å². The van der Waals surface area contributed by atoms with Gasteiger partial charge in [-0.3, -0.25) is 14.7 Å². The molecule has 3 rings (SSSR count). The van der Waals surface area contributed by atoms with E-state index in [1.165, 1.54) is 12.3 Å². The van der Waals surface area contributed by atoms with Crippen LogP contribution in [-0.4, -0.2) is 66.5 Å². The number of hydrogen-bond acceptors (Lipinski definition) is 5. The minimum Gasteiger partial charge on any atom is -0.347 e. The minimum absolute atomic E-state index is 0.00199. The molecule has 30 heavy (non-hydrogen) atoms. The van der Waals surface area contributed by atoms with Crippen LogP contribution in [0.15, 0.2) is 36.5 Å². The maximum absolute atomic E-state index is 15.0. The van der Waals surface area contributed by atoms with Crippen molar-refractivity contribution >= 4 is 23.3 Å². The van der Waals surface area contributed by atoms with E-state index >= 15 is 0 Å². The number of nitrogens with one attached hydrogen (secondary N) is 3. The molecule has 1 atom stereocenters. The molecular formula is C21H27FN6O2. The number of pyridine rings is 1. The van der Waals surface area contributed by atoms with Crippen LogP contribution in [0.1, 0.15) is 11.3 Å². The number of aromatic nitrogens is 1. The SMILES string of the molecule is Cc1ccc(NC(=O)Nc2cccc(CN3CCN[C@H](C(=O)N(C)C)C3)c2F)cn1. The second-order valence-corrected chi connectivity index (χ2v) is 7.52. The number of hydrogen-bond donors (Lipinski definition) is 3. The number of rotatable bonds is 5. The fraction of sp³-hybridized carbons (Fsp3) is 0.381. The van der Waals surface area contributed by atoms with Crippen molar-refractivity contribution in [2.45, 2.75) is 19.5 Å². The van der Waals surface area contributed by atoms with E-state index in [1.807, 2.05) is 11.8 Å². The largest absolute Gasteiger partial charge is 0.347 e. The molecule has 2 heterocycles. The fourth-order valence-electron chi connectivity index (χ4n) is 3.30. The van der Waals surface area contributed by atoms with Crippen molar-refractivity contribution in [2.24, 2.45) is 0 Å². The van der Waals surface area contributed by atoms with Gasteiger partial charge < -0.3 is 20.9 Å². The van der Waals surface area contributed by atoms with Crippen LogP contribution >= 0.6 is 0 Å². The van der Waals surface area contributed by atoms with Gasteiger partial charge in [0, 0.05) is 51.5 Å². The van der Waals surface area contributed by atoms with Gasteiger partial charge in [0.25, 0.3) is 0 Å². The first-order valence-corrected chi connectivity index (χ1v) is 9.78. The van der Waals surface area contributed by atoms with E-state index < -0.39 is 11.8 Å². The van der Waals surface area contributed by atoms with Crippen molar-refractivity contribution in [3.8, 4) is 0 Å². The van der Waals surface area contributed by atoms with Crippen LogP contribution in [0.5, 0.6) is 0 Å². The summed E-state index contributed by atoms with van der Waals surface area (Å²) in [6.07, 6.45) is 1.54. The molecule has 1 fully saturated rings. The summed E-state index contributed by atoms with van der Waals surface area (Å²) < 4.78 is 15.0. The summed E-state index contributed by atoms with van der Waals surface area (Å²) in [6.45, 7) is 4.05. The predicted octanol–water partition coefficient (Wildman–Crippen LogP) is 2.04. The highest BCUT2D eigenvalue weighted by Crippen LogP contribution is 2.20. The highest BCUT2D eigenvalue weighted by molar-refractivity contribution is 5.99. The van der Waals surface area contributed by atoms with Gasteiger partial charge in [0.15, 0.2) is 5.82 Å². The summed E-state index contributed by atoms with van der Waals surface area (Å²) in [6, 6.07) is 7.55. The number of amides is 3. The van der Waals surface area contributed by atoms with E-state index in [9.17, 15) is 14.0 Å². The summed E-state index contributed by atoms with van der Waals surface area (Å²) in [4.78, 5) is 32.1. The van der Waals surface area contributed by atoms with Gasteiger partial charge in [0.1, 0.15) is 0 Å². The van der Waals surface area contributed by atoms with Crippen LogP contribution in [0.2, 0.25) is 0 Å². The third-order valence-electron chi connectivity index (χ3n) is 4.89. The molecule has 3 amide bonds. The number of aryl methyl sites for hydroxylation is 1. The second-order valence-electron chi connectivity index (χ2n) is 7.52. The zero-order chi connectivity index (χ0) is 21.7. The summed E-state index contributed by atoms with van der Waals surface area (Å²) >= 11 is 0. The van der Waals surface area contributed by atoms with Crippen molar-refractivity contribution in [3.05, 3.63) is 53.6 Å². The van der Waals surface area contributed by atoms with Gasteiger partial charge in [-0.25, -0.2) is 9.18 Å². The lowest BCUT2D eigenvalue weighted by Gasteiger charge is -2.34. The van der Waals surface area contributed by atoms with E-state index in [4.69, 9.17) is 0 Å². The average molecular weight is 414 g/mol.